The van der Waals surface area contributed by atoms with Gasteiger partial charge in [-0.2, -0.15) is 5.10 Å². The first kappa shape index (κ1) is 11.4. The fourth-order valence-electron chi connectivity index (χ4n) is 1.66. The minimum atomic E-state index is -0.0735. The van der Waals surface area contributed by atoms with E-state index in [9.17, 15) is 4.79 Å². The van der Waals surface area contributed by atoms with Crippen LogP contribution in [0.2, 0.25) is 0 Å². The minimum absolute atomic E-state index is 0.0735. The van der Waals surface area contributed by atoms with Crippen molar-refractivity contribution in [3.05, 3.63) is 41.6 Å². The van der Waals surface area contributed by atoms with Crippen molar-refractivity contribution in [1.29, 1.82) is 0 Å². The third kappa shape index (κ3) is 2.06. The molecule has 0 spiro atoms. The second kappa shape index (κ2) is 4.41. The number of methoxy groups -OCH3 is 1. The Hall–Kier alpha value is -2.10. The van der Waals surface area contributed by atoms with E-state index in [-0.39, 0.29) is 5.78 Å². The molecular weight excluding hydrogens is 216 g/mol. The fraction of sp³-hybridized carbons (Fsp3) is 0.231. The highest BCUT2D eigenvalue weighted by Crippen LogP contribution is 2.21. The summed E-state index contributed by atoms with van der Waals surface area (Å²) < 4.78 is 6.88. The van der Waals surface area contributed by atoms with Crippen LogP contribution in [0, 0.1) is 6.92 Å². The Balaban J connectivity index is 2.59. The molecule has 4 nitrogen and oxygen atoms in total. The van der Waals surface area contributed by atoms with Crippen LogP contribution in [0.4, 0.5) is 0 Å². The van der Waals surface area contributed by atoms with Crippen LogP contribution in [-0.2, 0) is 0 Å². The lowest BCUT2D eigenvalue weighted by Gasteiger charge is -2.08. The number of aromatic nitrogens is 2. The number of carbonyl (C=O) groups excluding carboxylic acids is 1. The number of benzene rings is 1. The first-order valence-electron chi connectivity index (χ1n) is 5.34. The number of Topliss-reactive ketones (excluding diaryl/α,β-unsaturated/α-hetero) is 1. The van der Waals surface area contributed by atoms with Gasteiger partial charge in [0.05, 0.1) is 12.8 Å². The molecule has 0 saturated carbocycles. The van der Waals surface area contributed by atoms with E-state index in [2.05, 4.69) is 5.10 Å². The maximum atomic E-state index is 11.3. The highest BCUT2D eigenvalue weighted by Gasteiger charge is 2.13. The molecule has 4 heteroatoms. The standard InChI is InChI=1S/C13H14N2O2/c1-9-6-4-5-7-12(9)15-13(17-3)8-11(14-15)10(2)16/h4-8H,1-3H3. The summed E-state index contributed by atoms with van der Waals surface area (Å²) in [5.41, 5.74) is 2.39. The van der Waals surface area contributed by atoms with Gasteiger partial charge in [0.2, 0.25) is 5.88 Å². The quantitative estimate of drug-likeness (QED) is 0.760. The Morgan fingerprint density at radius 3 is 2.65 bits per heavy atom. The maximum absolute atomic E-state index is 11.3. The van der Waals surface area contributed by atoms with E-state index < -0.39 is 0 Å². The summed E-state index contributed by atoms with van der Waals surface area (Å²) in [6, 6.07) is 9.46. The van der Waals surface area contributed by atoms with Gasteiger partial charge in [0.15, 0.2) is 5.78 Å². The summed E-state index contributed by atoms with van der Waals surface area (Å²) in [6.45, 7) is 3.48. The van der Waals surface area contributed by atoms with Crippen molar-refractivity contribution in [2.24, 2.45) is 0 Å². The number of rotatable bonds is 3. The molecule has 0 atom stereocenters. The Morgan fingerprint density at radius 2 is 2.06 bits per heavy atom. The normalized spacial score (nSPS) is 10.3. The molecule has 0 bridgehead atoms. The molecule has 1 aromatic carbocycles. The van der Waals surface area contributed by atoms with Gasteiger partial charge in [-0.1, -0.05) is 18.2 Å². The van der Waals surface area contributed by atoms with Crippen molar-refractivity contribution >= 4 is 5.78 Å². The number of hydrogen-bond acceptors (Lipinski definition) is 3. The van der Waals surface area contributed by atoms with E-state index in [1.165, 1.54) is 6.92 Å². The van der Waals surface area contributed by atoms with Crippen LogP contribution in [-0.4, -0.2) is 22.7 Å². The Kier molecular flexibility index (Phi) is 2.95. The summed E-state index contributed by atoms with van der Waals surface area (Å²) in [7, 11) is 1.57. The molecule has 2 rings (SSSR count). The summed E-state index contributed by atoms with van der Waals surface area (Å²) >= 11 is 0. The summed E-state index contributed by atoms with van der Waals surface area (Å²) in [4.78, 5) is 11.3. The van der Waals surface area contributed by atoms with Crippen LogP contribution >= 0.6 is 0 Å². The SMILES string of the molecule is COc1cc(C(C)=O)nn1-c1ccccc1C. The van der Waals surface area contributed by atoms with Crippen molar-refractivity contribution in [1.82, 2.24) is 9.78 Å². The van der Waals surface area contributed by atoms with Gasteiger partial charge in [-0.05, 0) is 18.6 Å². The number of para-hydroxylation sites is 1. The second-order valence-electron chi connectivity index (χ2n) is 3.83. The molecule has 0 fully saturated rings. The van der Waals surface area contributed by atoms with Crippen LogP contribution in [0.25, 0.3) is 5.69 Å². The van der Waals surface area contributed by atoms with Gasteiger partial charge >= 0.3 is 0 Å². The molecule has 2 aromatic rings. The summed E-state index contributed by atoms with van der Waals surface area (Å²) in [5, 5.41) is 4.25. The molecule has 1 aromatic heterocycles. The zero-order valence-corrected chi connectivity index (χ0v) is 10.1. The number of ketones is 1. The van der Waals surface area contributed by atoms with Crippen LogP contribution in [0.1, 0.15) is 23.0 Å². The van der Waals surface area contributed by atoms with Gasteiger partial charge in [0.25, 0.3) is 0 Å². The van der Waals surface area contributed by atoms with E-state index in [1.807, 2.05) is 31.2 Å². The predicted octanol–water partition coefficient (Wildman–Crippen LogP) is 2.39. The largest absolute Gasteiger partial charge is 0.481 e. The number of nitrogens with zero attached hydrogens (tertiary/aromatic N) is 2. The van der Waals surface area contributed by atoms with Crippen molar-refractivity contribution < 1.29 is 9.53 Å². The molecule has 0 saturated heterocycles. The smallest absolute Gasteiger partial charge is 0.217 e. The zero-order chi connectivity index (χ0) is 12.4. The topological polar surface area (TPSA) is 44.1 Å². The van der Waals surface area contributed by atoms with Crippen LogP contribution in [0.3, 0.4) is 0 Å². The first-order valence-corrected chi connectivity index (χ1v) is 5.34. The second-order valence-corrected chi connectivity index (χ2v) is 3.83. The zero-order valence-electron chi connectivity index (χ0n) is 10.1. The number of carbonyl (C=O) groups is 1. The van der Waals surface area contributed by atoms with E-state index >= 15 is 0 Å². The van der Waals surface area contributed by atoms with Crippen LogP contribution in [0.15, 0.2) is 30.3 Å². The molecule has 0 aliphatic rings. The lowest BCUT2D eigenvalue weighted by Crippen LogP contribution is -2.03. The fourth-order valence-corrected chi connectivity index (χ4v) is 1.66. The van der Waals surface area contributed by atoms with Crippen molar-refractivity contribution in [3.8, 4) is 11.6 Å². The van der Waals surface area contributed by atoms with E-state index in [1.54, 1.807) is 17.9 Å². The van der Waals surface area contributed by atoms with Crippen LogP contribution in [0.5, 0.6) is 5.88 Å². The van der Waals surface area contributed by atoms with Gasteiger partial charge in [-0.25, -0.2) is 4.68 Å². The molecule has 0 aliphatic heterocycles. The molecule has 0 amide bonds. The van der Waals surface area contributed by atoms with Crippen LogP contribution < -0.4 is 4.74 Å². The lowest BCUT2D eigenvalue weighted by molar-refractivity contribution is 0.101. The Labute approximate surface area is 99.8 Å². The van der Waals surface area contributed by atoms with Gasteiger partial charge < -0.3 is 4.74 Å². The third-order valence-electron chi connectivity index (χ3n) is 2.59. The molecule has 17 heavy (non-hydrogen) atoms. The van der Waals surface area contributed by atoms with Gasteiger partial charge in [-0.15, -0.1) is 0 Å². The van der Waals surface area contributed by atoms with E-state index in [4.69, 9.17) is 4.74 Å². The Morgan fingerprint density at radius 1 is 1.35 bits per heavy atom. The number of hydrogen-bond donors (Lipinski definition) is 0. The summed E-state index contributed by atoms with van der Waals surface area (Å²) in [5.74, 6) is 0.486. The monoisotopic (exact) mass is 230 g/mol. The summed E-state index contributed by atoms with van der Waals surface area (Å²) in [6.07, 6.45) is 0. The number of ether oxygens (including phenoxy) is 1. The van der Waals surface area contributed by atoms with Gasteiger partial charge in [-0.3, -0.25) is 4.79 Å². The van der Waals surface area contributed by atoms with Gasteiger partial charge in [0.1, 0.15) is 5.69 Å². The molecule has 0 radical (unpaired) electrons. The highest BCUT2D eigenvalue weighted by atomic mass is 16.5. The molecule has 0 N–H and O–H groups in total. The molecule has 1 heterocycles. The molecule has 88 valence electrons. The lowest BCUT2D eigenvalue weighted by atomic mass is 10.2. The minimum Gasteiger partial charge on any atom is -0.481 e. The maximum Gasteiger partial charge on any atom is 0.217 e. The molecular formula is C13H14N2O2. The predicted molar refractivity (Wildman–Crippen MR) is 64.9 cm³/mol. The van der Waals surface area contributed by atoms with Crippen molar-refractivity contribution in [2.45, 2.75) is 13.8 Å². The average molecular weight is 230 g/mol. The van der Waals surface area contributed by atoms with E-state index in [0.29, 0.717) is 11.6 Å². The highest BCUT2D eigenvalue weighted by molar-refractivity contribution is 5.92. The van der Waals surface area contributed by atoms with Gasteiger partial charge in [0, 0.05) is 13.0 Å². The third-order valence-corrected chi connectivity index (χ3v) is 2.59. The van der Waals surface area contributed by atoms with Crippen molar-refractivity contribution in [2.75, 3.05) is 7.11 Å². The first-order chi connectivity index (χ1) is 8.13. The average Bonchev–Trinajstić information content (AvgIpc) is 2.73. The van der Waals surface area contributed by atoms with E-state index in [0.717, 1.165) is 11.3 Å². The number of aryl methyl sites for hydroxylation is 1. The molecule has 0 unspecified atom stereocenters. The molecule has 0 aliphatic carbocycles. The Bertz CT molecular complexity index is 558. The van der Waals surface area contributed by atoms with Crippen molar-refractivity contribution in [3.63, 3.8) is 0 Å².